The number of anilines is 2. The van der Waals surface area contributed by atoms with Crippen molar-refractivity contribution in [1.29, 1.82) is 0 Å². The van der Waals surface area contributed by atoms with Crippen LogP contribution in [0.4, 0.5) is 11.4 Å². The number of halogens is 1. The van der Waals surface area contributed by atoms with Gasteiger partial charge in [0.2, 0.25) is 21.8 Å². The molecule has 220 valence electrons. The van der Waals surface area contributed by atoms with Crippen molar-refractivity contribution in [2.75, 3.05) is 16.8 Å². The number of ether oxygens (including phenoxy) is 1. The normalized spacial score (nSPS) is 19.6. The molecule has 3 atom stereocenters. The van der Waals surface area contributed by atoms with Gasteiger partial charge in [-0.3, -0.25) is 19.2 Å². The highest BCUT2D eigenvalue weighted by Gasteiger charge is 2.56. The monoisotopic (exact) mass is 656 g/mol. The van der Waals surface area contributed by atoms with Crippen LogP contribution in [0.1, 0.15) is 16.4 Å². The third-order valence-electron chi connectivity index (χ3n) is 6.96. The van der Waals surface area contributed by atoms with E-state index in [1.54, 1.807) is 48.5 Å². The Kier molecular flexibility index (Phi) is 7.64. The molecule has 1 saturated heterocycles. The first-order valence-corrected chi connectivity index (χ1v) is 16.3. The summed E-state index contributed by atoms with van der Waals surface area (Å²) in [4.78, 5) is 56.5. The first-order chi connectivity index (χ1) is 20.5. The van der Waals surface area contributed by atoms with Crippen LogP contribution in [-0.2, 0) is 24.4 Å². The predicted octanol–water partition coefficient (Wildman–Crippen LogP) is 3.55. The van der Waals surface area contributed by atoms with E-state index in [1.165, 1.54) is 40.9 Å². The van der Waals surface area contributed by atoms with Crippen molar-refractivity contribution in [2.45, 2.75) is 21.1 Å². The lowest BCUT2D eigenvalue weighted by atomic mass is 9.83. The van der Waals surface area contributed by atoms with Gasteiger partial charge in [0.1, 0.15) is 11.0 Å². The number of thioether (sulfide) groups is 1. The first-order valence-electron chi connectivity index (χ1n) is 12.7. The molecule has 0 saturated carbocycles. The maximum atomic E-state index is 13.8. The number of hydrogen-bond acceptors (Lipinski definition) is 9. The maximum absolute atomic E-state index is 13.8. The van der Waals surface area contributed by atoms with Crippen LogP contribution in [0, 0.1) is 5.92 Å². The van der Waals surface area contributed by atoms with Crippen LogP contribution in [0.25, 0.3) is 0 Å². The van der Waals surface area contributed by atoms with Gasteiger partial charge in [0.05, 0.1) is 21.5 Å². The quantitative estimate of drug-likeness (QED) is 0.254. The van der Waals surface area contributed by atoms with Gasteiger partial charge in [-0.15, -0.1) is 0 Å². The molecule has 2 aliphatic heterocycles. The van der Waals surface area contributed by atoms with E-state index in [0.29, 0.717) is 37.6 Å². The highest BCUT2D eigenvalue weighted by Crippen LogP contribution is 2.53. The van der Waals surface area contributed by atoms with E-state index in [9.17, 15) is 27.6 Å². The standard InChI is InChI=1S/C28H21ClN4O7S3/c29-15-4-8-17(9-5-15)33-26(35)22-21(23-25(32-28(37)42-23)41-24(22)27(33)36)14-2-1-3-18(12-14)40-13-20(34)31-16-6-10-19(11-7-16)43(30,38)39/h1-12,21-22,24H,13H2,(H,31,34)(H,32,37)(H2,30,38,39)/t21-,22-,24+/m0/s1. The molecule has 11 nitrogen and oxygen atoms in total. The number of aromatic nitrogens is 1. The molecule has 15 heteroatoms. The number of nitrogens with zero attached hydrogens (tertiary/aromatic N) is 1. The van der Waals surface area contributed by atoms with E-state index in [4.69, 9.17) is 21.5 Å². The Balaban J connectivity index is 1.24. The van der Waals surface area contributed by atoms with E-state index in [-0.39, 0.29) is 28.2 Å². The Bertz CT molecular complexity index is 1920. The minimum atomic E-state index is -3.86. The molecule has 3 heterocycles. The SMILES string of the molecule is NS(=O)(=O)c1ccc(NC(=O)COc2cccc([C@@H]3c4sc(=O)[nH]c4S[C@H]4C(=O)N(c5ccc(Cl)cc5)C(=O)[C@@H]34)c2)cc1. The van der Waals surface area contributed by atoms with Crippen molar-refractivity contribution in [3.63, 3.8) is 0 Å². The van der Waals surface area contributed by atoms with Gasteiger partial charge in [-0.05, 0) is 66.2 Å². The lowest BCUT2D eigenvalue weighted by Crippen LogP contribution is -2.32. The molecule has 0 aliphatic carbocycles. The van der Waals surface area contributed by atoms with Crippen molar-refractivity contribution in [2.24, 2.45) is 11.1 Å². The number of nitrogens with one attached hydrogen (secondary N) is 2. The number of hydrogen-bond donors (Lipinski definition) is 3. The zero-order valence-electron chi connectivity index (χ0n) is 21.9. The second kappa shape index (κ2) is 11.3. The number of imide groups is 1. The number of primary sulfonamides is 1. The summed E-state index contributed by atoms with van der Waals surface area (Å²) < 4.78 is 28.6. The van der Waals surface area contributed by atoms with Crippen molar-refractivity contribution in [3.05, 3.63) is 97.9 Å². The fourth-order valence-corrected chi connectivity index (χ4v) is 8.25. The molecule has 0 spiro atoms. The van der Waals surface area contributed by atoms with Crippen LogP contribution in [0.5, 0.6) is 5.75 Å². The molecule has 1 fully saturated rings. The Morgan fingerprint density at radius 1 is 1.02 bits per heavy atom. The topological polar surface area (TPSA) is 169 Å². The molecule has 6 rings (SSSR count). The van der Waals surface area contributed by atoms with Crippen molar-refractivity contribution >= 4 is 73.8 Å². The van der Waals surface area contributed by atoms with E-state index in [0.717, 1.165) is 11.3 Å². The van der Waals surface area contributed by atoms with Crippen LogP contribution in [0.3, 0.4) is 0 Å². The summed E-state index contributed by atoms with van der Waals surface area (Å²) in [6.45, 7) is -0.364. The molecule has 4 aromatic rings. The molecule has 3 amide bonds. The summed E-state index contributed by atoms with van der Waals surface area (Å²) in [6.07, 6.45) is 0. The Morgan fingerprint density at radius 3 is 2.44 bits per heavy atom. The van der Waals surface area contributed by atoms with Gasteiger partial charge in [-0.2, -0.15) is 0 Å². The molecular weight excluding hydrogens is 636 g/mol. The number of sulfonamides is 1. The van der Waals surface area contributed by atoms with E-state index < -0.39 is 33.0 Å². The van der Waals surface area contributed by atoms with E-state index in [1.807, 2.05) is 0 Å². The summed E-state index contributed by atoms with van der Waals surface area (Å²) in [6, 6.07) is 18.6. The number of carbonyl (C=O) groups excluding carboxylic acids is 3. The van der Waals surface area contributed by atoms with Gasteiger partial charge < -0.3 is 15.0 Å². The van der Waals surface area contributed by atoms with Gasteiger partial charge in [0.15, 0.2) is 6.61 Å². The summed E-state index contributed by atoms with van der Waals surface area (Å²) in [5, 5.41) is 7.96. The Morgan fingerprint density at radius 2 is 1.74 bits per heavy atom. The summed E-state index contributed by atoms with van der Waals surface area (Å²) in [7, 11) is -3.86. The maximum Gasteiger partial charge on any atom is 0.305 e. The number of rotatable bonds is 7. The molecule has 0 unspecified atom stereocenters. The van der Waals surface area contributed by atoms with Gasteiger partial charge in [-0.1, -0.05) is 46.8 Å². The van der Waals surface area contributed by atoms with Gasteiger partial charge in [0.25, 0.3) is 5.91 Å². The molecule has 0 radical (unpaired) electrons. The second-order valence-electron chi connectivity index (χ2n) is 9.72. The van der Waals surface area contributed by atoms with Crippen LogP contribution in [0.2, 0.25) is 5.02 Å². The highest BCUT2D eigenvalue weighted by atomic mass is 35.5. The minimum absolute atomic E-state index is 0.0868. The molecule has 3 aromatic carbocycles. The first kappa shape index (κ1) is 29.1. The summed E-state index contributed by atoms with van der Waals surface area (Å²) in [5.74, 6) is -2.33. The van der Waals surface area contributed by atoms with Gasteiger partial charge >= 0.3 is 4.87 Å². The lowest BCUT2D eigenvalue weighted by Gasteiger charge is -2.30. The zero-order valence-corrected chi connectivity index (χ0v) is 25.1. The number of H-pyrrole nitrogens is 1. The van der Waals surface area contributed by atoms with Crippen molar-refractivity contribution in [3.8, 4) is 5.75 Å². The number of thiazole rings is 1. The third kappa shape index (κ3) is 5.71. The molecular formula is C28H21ClN4O7S3. The van der Waals surface area contributed by atoms with E-state index in [2.05, 4.69) is 10.3 Å². The largest absolute Gasteiger partial charge is 0.484 e. The molecule has 2 aliphatic rings. The Labute approximate surface area is 258 Å². The van der Waals surface area contributed by atoms with Crippen LogP contribution >= 0.6 is 34.7 Å². The predicted molar refractivity (Wildman–Crippen MR) is 162 cm³/mol. The van der Waals surface area contributed by atoms with Gasteiger partial charge in [-0.25, -0.2) is 18.5 Å². The zero-order chi connectivity index (χ0) is 30.5. The van der Waals surface area contributed by atoms with Crippen LogP contribution in [0.15, 0.2) is 87.5 Å². The minimum Gasteiger partial charge on any atom is -0.484 e. The Hall–Kier alpha value is -3.95. The molecule has 1 aromatic heterocycles. The molecule has 0 bridgehead atoms. The van der Waals surface area contributed by atoms with Gasteiger partial charge in [0, 0.05) is 21.5 Å². The number of amides is 3. The fraction of sp³-hybridized carbons (Fsp3) is 0.143. The van der Waals surface area contributed by atoms with Crippen LogP contribution in [-0.4, -0.2) is 43.0 Å². The van der Waals surface area contributed by atoms with Crippen molar-refractivity contribution in [1.82, 2.24) is 4.98 Å². The number of nitrogens with two attached hydrogens (primary N) is 1. The highest BCUT2D eigenvalue weighted by molar-refractivity contribution is 8.00. The smallest absolute Gasteiger partial charge is 0.305 e. The van der Waals surface area contributed by atoms with Crippen LogP contribution < -0.4 is 25.0 Å². The number of carbonyl (C=O) groups is 3. The average molecular weight is 657 g/mol. The lowest BCUT2D eigenvalue weighted by molar-refractivity contribution is -0.122. The summed E-state index contributed by atoms with van der Waals surface area (Å²) in [5.41, 5.74) is 1.40. The molecule has 4 N–H and O–H groups in total. The molecule has 43 heavy (non-hydrogen) atoms. The van der Waals surface area contributed by atoms with Crippen molar-refractivity contribution < 1.29 is 27.5 Å². The summed E-state index contributed by atoms with van der Waals surface area (Å²) >= 11 is 8.18. The number of aromatic amines is 1. The fourth-order valence-electron chi connectivity index (χ4n) is 5.09. The number of benzene rings is 3. The second-order valence-corrected chi connectivity index (χ2v) is 13.9. The number of fused-ring (bicyclic) bond motifs is 2. The van der Waals surface area contributed by atoms with E-state index >= 15 is 0 Å². The average Bonchev–Trinajstić information content (AvgIpc) is 3.46. The third-order valence-corrected chi connectivity index (χ3v) is 10.5.